The van der Waals surface area contributed by atoms with Gasteiger partial charge in [0.1, 0.15) is 5.40 Å². The van der Waals surface area contributed by atoms with Gasteiger partial charge >= 0.3 is 0 Å². The van der Waals surface area contributed by atoms with Gasteiger partial charge in [0.2, 0.25) is 0 Å². The Morgan fingerprint density at radius 3 is 1.73 bits per heavy atom. The summed E-state index contributed by atoms with van der Waals surface area (Å²) in [6.45, 7) is 2.11. The Hall–Kier alpha value is -3.22. The maximum Gasteiger partial charge on any atom is 0.177 e. The molecule has 0 amide bonds. The van der Waals surface area contributed by atoms with E-state index in [4.69, 9.17) is 5.26 Å². The maximum atomic E-state index is 14.3. The number of benzene rings is 3. The Kier molecular flexibility index (Phi) is 6.82. The van der Waals surface area contributed by atoms with Crippen molar-refractivity contribution in [3.8, 4) is 28.4 Å². The molecule has 0 radical (unpaired) electrons. The number of thiocyanates is 1. The average molecular weight is 425 g/mol. The largest absolute Gasteiger partial charge is 0.203 e. The molecule has 0 heterocycles. The van der Waals surface area contributed by atoms with Crippen molar-refractivity contribution < 1.29 is 17.6 Å². The summed E-state index contributed by atoms with van der Waals surface area (Å²) in [6, 6.07) is 13.6. The van der Waals surface area contributed by atoms with Gasteiger partial charge in [-0.1, -0.05) is 49.5 Å². The van der Waals surface area contributed by atoms with E-state index in [1.807, 2.05) is 24.3 Å². The third kappa shape index (κ3) is 4.50. The normalized spacial score (nSPS) is 10.3. The molecule has 0 unspecified atom stereocenters. The van der Waals surface area contributed by atoms with Crippen LogP contribution < -0.4 is 0 Å². The summed E-state index contributed by atoms with van der Waals surface area (Å²) >= 11 is 0.0284. The van der Waals surface area contributed by atoms with Crippen molar-refractivity contribution in [1.82, 2.24) is 0 Å². The number of hydrogen-bond acceptors (Lipinski definition) is 2. The van der Waals surface area contributed by atoms with Gasteiger partial charge in [0.05, 0.1) is 10.5 Å². The van der Waals surface area contributed by atoms with Crippen molar-refractivity contribution in [2.75, 3.05) is 0 Å². The van der Waals surface area contributed by atoms with E-state index in [0.29, 0.717) is 5.56 Å². The van der Waals surface area contributed by atoms with Crippen molar-refractivity contribution >= 4 is 11.8 Å². The number of hydrogen-bond donors (Lipinski definition) is 0. The predicted octanol–water partition coefficient (Wildman–Crippen LogP) is 6.84. The molecule has 0 N–H and O–H groups in total. The molecule has 3 aromatic rings. The summed E-state index contributed by atoms with van der Waals surface area (Å²) in [5.74, 6) is -0.327. The van der Waals surface area contributed by atoms with Crippen LogP contribution in [0, 0.1) is 45.8 Å². The first kappa shape index (κ1) is 21.5. The minimum Gasteiger partial charge on any atom is -0.203 e. The molecule has 0 saturated heterocycles. The van der Waals surface area contributed by atoms with Gasteiger partial charge in [-0.2, -0.15) is 5.26 Å². The quantitative estimate of drug-likeness (QED) is 0.150. The van der Waals surface area contributed by atoms with E-state index in [2.05, 4.69) is 18.8 Å². The van der Waals surface area contributed by atoms with Crippen molar-refractivity contribution in [2.24, 2.45) is 0 Å². The number of halogens is 4. The number of aryl methyl sites for hydroxylation is 1. The maximum absolute atomic E-state index is 14.3. The molecule has 1 nitrogen and oxygen atoms in total. The summed E-state index contributed by atoms with van der Waals surface area (Å²) in [5, 5.41) is 9.97. The molecule has 30 heavy (non-hydrogen) atoms. The Bertz CT molecular complexity index is 1140. The lowest BCUT2D eigenvalue weighted by Gasteiger charge is -2.10. The third-order valence-corrected chi connectivity index (χ3v) is 5.04. The standard InChI is InChI=1S/C24H15F4NS/c1-2-3-15-4-6-16(7-5-15)8-9-17-10-12-18(13-11-17)19-20(25)22(27)24(30-14-29)23(28)21(19)26/h4-7,10-13H,2-3H2,1H3. The highest BCUT2D eigenvalue weighted by molar-refractivity contribution is 8.03. The van der Waals surface area contributed by atoms with Crippen molar-refractivity contribution in [3.05, 3.63) is 88.5 Å². The first-order valence-corrected chi connectivity index (χ1v) is 9.91. The number of thioether (sulfide) groups is 1. The van der Waals surface area contributed by atoms with Gasteiger partial charge in [0, 0.05) is 11.1 Å². The monoisotopic (exact) mass is 425 g/mol. The van der Waals surface area contributed by atoms with E-state index < -0.39 is 33.7 Å². The summed E-state index contributed by atoms with van der Waals surface area (Å²) in [5.41, 5.74) is 1.78. The van der Waals surface area contributed by atoms with E-state index in [1.165, 1.54) is 35.2 Å². The summed E-state index contributed by atoms with van der Waals surface area (Å²) in [7, 11) is 0. The zero-order chi connectivity index (χ0) is 21.7. The lowest BCUT2D eigenvalue weighted by Crippen LogP contribution is -2.02. The highest BCUT2D eigenvalue weighted by Gasteiger charge is 2.26. The molecule has 0 aliphatic carbocycles. The second-order valence-electron chi connectivity index (χ2n) is 6.43. The van der Waals surface area contributed by atoms with E-state index in [0.717, 1.165) is 18.4 Å². The molecular weight excluding hydrogens is 410 g/mol. The van der Waals surface area contributed by atoms with Crippen LogP contribution in [-0.2, 0) is 6.42 Å². The first-order valence-electron chi connectivity index (χ1n) is 9.09. The second-order valence-corrected chi connectivity index (χ2v) is 7.22. The number of nitrogens with zero attached hydrogens (tertiary/aromatic N) is 1. The summed E-state index contributed by atoms with van der Waals surface area (Å²) in [6.07, 6.45) is 2.06. The molecule has 0 saturated carbocycles. The van der Waals surface area contributed by atoms with Crippen LogP contribution in [-0.4, -0.2) is 0 Å². The van der Waals surface area contributed by atoms with Crippen molar-refractivity contribution in [2.45, 2.75) is 24.7 Å². The second kappa shape index (κ2) is 9.52. The Morgan fingerprint density at radius 1 is 0.767 bits per heavy atom. The van der Waals surface area contributed by atoms with Gasteiger partial charge in [-0.3, -0.25) is 0 Å². The van der Waals surface area contributed by atoms with Crippen LogP contribution in [0.3, 0.4) is 0 Å². The van der Waals surface area contributed by atoms with Crippen LogP contribution in [0.15, 0.2) is 53.4 Å². The predicted molar refractivity (Wildman–Crippen MR) is 110 cm³/mol. The molecule has 3 aromatic carbocycles. The number of nitriles is 1. The van der Waals surface area contributed by atoms with Crippen LogP contribution >= 0.6 is 11.8 Å². The highest BCUT2D eigenvalue weighted by Crippen LogP contribution is 2.36. The fourth-order valence-electron chi connectivity index (χ4n) is 2.91. The number of rotatable bonds is 4. The average Bonchev–Trinajstić information content (AvgIpc) is 2.76. The van der Waals surface area contributed by atoms with Gasteiger partial charge in [-0.25, -0.2) is 17.6 Å². The fourth-order valence-corrected chi connectivity index (χ4v) is 3.36. The fraction of sp³-hybridized carbons (Fsp3) is 0.125. The molecule has 6 heteroatoms. The van der Waals surface area contributed by atoms with Gasteiger partial charge in [-0.05, 0) is 53.6 Å². The van der Waals surface area contributed by atoms with Crippen LogP contribution in [0.25, 0.3) is 11.1 Å². The Morgan fingerprint density at radius 2 is 1.27 bits per heavy atom. The summed E-state index contributed by atoms with van der Waals surface area (Å²) < 4.78 is 56.8. The first-order chi connectivity index (χ1) is 14.5. The Labute approximate surface area is 176 Å². The molecule has 0 spiro atoms. The minimum absolute atomic E-state index is 0.0284. The third-order valence-electron chi connectivity index (χ3n) is 4.39. The van der Waals surface area contributed by atoms with Gasteiger partial charge < -0.3 is 0 Å². The Balaban J connectivity index is 1.89. The summed E-state index contributed by atoms with van der Waals surface area (Å²) in [4.78, 5) is -0.997. The molecule has 0 bridgehead atoms. The zero-order valence-corrected chi connectivity index (χ0v) is 16.7. The van der Waals surface area contributed by atoms with Crippen LogP contribution in [0.4, 0.5) is 17.6 Å². The lowest BCUT2D eigenvalue weighted by atomic mass is 10.0. The van der Waals surface area contributed by atoms with E-state index in [1.54, 1.807) is 0 Å². The molecule has 0 atom stereocenters. The molecule has 150 valence electrons. The zero-order valence-electron chi connectivity index (χ0n) is 15.9. The van der Waals surface area contributed by atoms with Gasteiger partial charge in [0.25, 0.3) is 0 Å². The van der Waals surface area contributed by atoms with E-state index in [9.17, 15) is 17.6 Å². The van der Waals surface area contributed by atoms with Crippen LogP contribution in [0.1, 0.15) is 30.0 Å². The van der Waals surface area contributed by atoms with Gasteiger partial charge in [0.15, 0.2) is 23.3 Å². The molecule has 0 aliphatic heterocycles. The smallest absolute Gasteiger partial charge is 0.177 e. The van der Waals surface area contributed by atoms with Crippen molar-refractivity contribution in [3.63, 3.8) is 0 Å². The van der Waals surface area contributed by atoms with Gasteiger partial charge in [-0.15, -0.1) is 0 Å². The van der Waals surface area contributed by atoms with E-state index >= 15 is 0 Å². The molecule has 0 aliphatic rings. The van der Waals surface area contributed by atoms with Crippen LogP contribution in [0.5, 0.6) is 0 Å². The highest BCUT2D eigenvalue weighted by atomic mass is 32.2. The lowest BCUT2D eigenvalue weighted by molar-refractivity contribution is 0.430. The van der Waals surface area contributed by atoms with E-state index in [-0.39, 0.29) is 17.3 Å². The molecule has 0 fully saturated rings. The SMILES string of the molecule is CCCc1ccc(C#Cc2ccc(-c3c(F)c(F)c(SC#N)c(F)c3F)cc2)cc1. The molecule has 3 rings (SSSR count). The topological polar surface area (TPSA) is 23.8 Å². The molecular formula is C24H15F4NS. The van der Waals surface area contributed by atoms with Crippen molar-refractivity contribution in [1.29, 1.82) is 5.26 Å². The van der Waals surface area contributed by atoms with Crippen LogP contribution in [0.2, 0.25) is 0 Å². The minimum atomic E-state index is -1.59. The molecule has 0 aromatic heterocycles.